The predicted molar refractivity (Wildman–Crippen MR) is 98.4 cm³/mol. The Labute approximate surface area is 170 Å². The standard InChI is InChI=1S/C20H30O9/c1-10(14(17(22)23-7)25-11(2)21)8-12-15(13-9-24-19(3,4)27-13)26-18-16(12)28-20(5,6)29-18/h8,10,13-16,18H,9H2,1-7H3/b12-8-/t10-,13+,14+,15-,16+,18+/m0/s1. The summed E-state index contributed by atoms with van der Waals surface area (Å²) in [7, 11) is 1.25. The minimum absolute atomic E-state index is 0.344. The minimum atomic E-state index is -1.09. The highest BCUT2D eigenvalue weighted by atomic mass is 16.8. The average molecular weight is 414 g/mol. The lowest BCUT2D eigenvalue weighted by molar-refractivity contribution is -0.215. The van der Waals surface area contributed by atoms with Crippen molar-refractivity contribution < 1.29 is 42.7 Å². The van der Waals surface area contributed by atoms with E-state index in [2.05, 4.69) is 0 Å². The number of carbonyl (C=O) groups excluding carboxylic acids is 2. The van der Waals surface area contributed by atoms with Crippen molar-refractivity contribution in [1.29, 1.82) is 0 Å². The maximum absolute atomic E-state index is 12.2. The molecule has 164 valence electrons. The number of rotatable bonds is 5. The summed E-state index contributed by atoms with van der Waals surface area (Å²) in [5, 5.41) is 0. The van der Waals surface area contributed by atoms with Gasteiger partial charge in [-0.3, -0.25) is 4.79 Å². The van der Waals surface area contributed by atoms with Crippen LogP contribution < -0.4 is 0 Å². The van der Waals surface area contributed by atoms with Crippen LogP contribution in [-0.4, -0.2) is 67.9 Å². The van der Waals surface area contributed by atoms with E-state index in [1.54, 1.807) is 20.8 Å². The summed E-state index contributed by atoms with van der Waals surface area (Å²) in [6, 6.07) is 0. The van der Waals surface area contributed by atoms with E-state index in [0.717, 1.165) is 5.57 Å². The molecule has 0 spiro atoms. The van der Waals surface area contributed by atoms with Crippen molar-refractivity contribution in [3.05, 3.63) is 11.6 Å². The van der Waals surface area contributed by atoms with Crippen LogP contribution in [0.3, 0.4) is 0 Å². The van der Waals surface area contributed by atoms with Crippen LogP contribution in [0, 0.1) is 5.92 Å². The maximum atomic E-state index is 12.2. The summed E-state index contributed by atoms with van der Waals surface area (Å²) in [4.78, 5) is 23.6. The lowest BCUT2D eigenvalue weighted by Crippen LogP contribution is -2.36. The molecule has 0 aromatic carbocycles. The van der Waals surface area contributed by atoms with E-state index in [-0.39, 0.29) is 6.10 Å². The molecule has 0 aliphatic carbocycles. The third-order valence-corrected chi connectivity index (χ3v) is 5.02. The van der Waals surface area contributed by atoms with Gasteiger partial charge in [-0.05, 0) is 33.3 Å². The Kier molecular flexibility index (Phi) is 6.08. The number of hydrogen-bond donors (Lipinski definition) is 0. The quantitative estimate of drug-likeness (QED) is 0.491. The second-order valence-corrected chi connectivity index (χ2v) is 8.43. The fraction of sp³-hybridized carbons (Fsp3) is 0.800. The monoisotopic (exact) mass is 414 g/mol. The van der Waals surface area contributed by atoms with Gasteiger partial charge in [0.2, 0.25) is 6.10 Å². The first kappa shape index (κ1) is 22.2. The molecule has 6 atom stereocenters. The van der Waals surface area contributed by atoms with Crippen LogP contribution in [0.25, 0.3) is 0 Å². The zero-order valence-electron chi connectivity index (χ0n) is 17.9. The predicted octanol–water partition coefficient (Wildman–Crippen LogP) is 1.68. The molecule has 9 heteroatoms. The van der Waals surface area contributed by atoms with Gasteiger partial charge in [0, 0.05) is 12.8 Å². The van der Waals surface area contributed by atoms with Crippen LogP contribution in [0.5, 0.6) is 0 Å². The Balaban J connectivity index is 1.89. The molecular formula is C20H30O9. The molecule has 9 nitrogen and oxygen atoms in total. The van der Waals surface area contributed by atoms with Crippen LogP contribution in [0.2, 0.25) is 0 Å². The summed E-state index contributed by atoms with van der Waals surface area (Å²) in [6.45, 7) is 10.6. The zero-order chi connectivity index (χ0) is 21.6. The largest absolute Gasteiger partial charge is 0.466 e. The molecule has 3 fully saturated rings. The lowest BCUT2D eigenvalue weighted by Gasteiger charge is -2.26. The van der Waals surface area contributed by atoms with Gasteiger partial charge in [-0.25, -0.2) is 4.79 Å². The Morgan fingerprint density at radius 3 is 2.34 bits per heavy atom. The van der Waals surface area contributed by atoms with Gasteiger partial charge in [0.05, 0.1) is 13.7 Å². The molecule has 29 heavy (non-hydrogen) atoms. The van der Waals surface area contributed by atoms with Gasteiger partial charge >= 0.3 is 11.9 Å². The minimum Gasteiger partial charge on any atom is -0.466 e. The molecule has 0 unspecified atom stereocenters. The molecule has 0 saturated carbocycles. The number of ether oxygens (including phenoxy) is 7. The molecular weight excluding hydrogens is 384 g/mol. The second kappa shape index (κ2) is 7.96. The van der Waals surface area contributed by atoms with E-state index < -0.39 is 54.0 Å². The van der Waals surface area contributed by atoms with Gasteiger partial charge in [-0.15, -0.1) is 0 Å². The Morgan fingerprint density at radius 2 is 1.79 bits per heavy atom. The van der Waals surface area contributed by atoms with Crippen LogP contribution in [0.4, 0.5) is 0 Å². The molecule has 0 aromatic rings. The SMILES string of the molecule is COC(=O)[C@H](OC(C)=O)[C@@H](C)/C=C1\[C@H]2OC(C)(C)O[C@H]2O[C@@H]1[C@H]1COC(C)(C)O1. The van der Waals surface area contributed by atoms with Crippen molar-refractivity contribution in [3.63, 3.8) is 0 Å². The average Bonchev–Trinajstić information content (AvgIpc) is 3.22. The van der Waals surface area contributed by atoms with Gasteiger partial charge in [0.15, 0.2) is 17.9 Å². The summed E-state index contributed by atoms with van der Waals surface area (Å²) < 4.78 is 39.7. The Morgan fingerprint density at radius 1 is 1.10 bits per heavy atom. The van der Waals surface area contributed by atoms with Crippen molar-refractivity contribution in [1.82, 2.24) is 0 Å². The summed E-state index contributed by atoms with van der Waals surface area (Å²) >= 11 is 0. The lowest BCUT2D eigenvalue weighted by atomic mass is 9.94. The highest BCUT2D eigenvalue weighted by Crippen LogP contribution is 2.44. The third-order valence-electron chi connectivity index (χ3n) is 5.02. The van der Waals surface area contributed by atoms with Crippen molar-refractivity contribution in [2.75, 3.05) is 13.7 Å². The molecule has 3 rings (SSSR count). The Bertz CT molecular complexity index is 683. The van der Waals surface area contributed by atoms with E-state index in [0.29, 0.717) is 6.61 Å². The zero-order valence-corrected chi connectivity index (χ0v) is 17.9. The summed E-state index contributed by atoms with van der Waals surface area (Å²) in [5.41, 5.74) is 0.764. The molecule has 0 N–H and O–H groups in total. The second-order valence-electron chi connectivity index (χ2n) is 8.43. The molecule has 3 aliphatic heterocycles. The Hall–Kier alpha value is -1.52. The number of hydrogen-bond acceptors (Lipinski definition) is 9. The van der Waals surface area contributed by atoms with Crippen molar-refractivity contribution in [2.45, 2.75) is 83.8 Å². The van der Waals surface area contributed by atoms with Gasteiger partial charge in [0.25, 0.3) is 0 Å². The van der Waals surface area contributed by atoms with E-state index in [4.69, 9.17) is 33.2 Å². The van der Waals surface area contributed by atoms with Gasteiger partial charge in [0.1, 0.15) is 18.3 Å². The highest BCUT2D eigenvalue weighted by molar-refractivity contribution is 5.79. The number of carbonyl (C=O) groups is 2. The summed E-state index contributed by atoms with van der Waals surface area (Å²) in [5.74, 6) is -3.24. The van der Waals surface area contributed by atoms with E-state index in [1.807, 2.05) is 19.9 Å². The first-order valence-corrected chi connectivity index (χ1v) is 9.72. The van der Waals surface area contributed by atoms with Gasteiger partial charge in [-0.2, -0.15) is 0 Å². The van der Waals surface area contributed by atoms with E-state index >= 15 is 0 Å². The molecule has 3 heterocycles. The molecule has 3 saturated heterocycles. The first-order chi connectivity index (χ1) is 13.4. The van der Waals surface area contributed by atoms with Crippen molar-refractivity contribution in [2.24, 2.45) is 5.92 Å². The molecule has 0 radical (unpaired) electrons. The highest BCUT2D eigenvalue weighted by Gasteiger charge is 2.55. The number of fused-ring (bicyclic) bond motifs is 1. The smallest absolute Gasteiger partial charge is 0.347 e. The molecule has 0 aromatic heterocycles. The van der Waals surface area contributed by atoms with Gasteiger partial charge < -0.3 is 33.2 Å². The first-order valence-electron chi connectivity index (χ1n) is 9.72. The van der Waals surface area contributed by atoms with Crippen LogP contribution in [-0.2, 0) is 42.7 Å². The number of esters is 2. The summed E-state index contributed by atoms with van der Waals surface area (Å²) in [6.07, 6.45) is -1.20. The van der Waals surface area contributed by atoms with Crippen LogP contribution in [0.15, 0.2) is 11.6 Å². The van der Waals surface area contributed by atoms with Crippen molar-refractivity contribution in [3.8, 4) is 0 Å². The normalized spacial score (nSPS) is 35.9. The fourth-order valence-corrected chi connectivity index (χ4v) is 3.85. The topological polar surface area (TPSA) is 98.8 Å². The van der Waals surface area contributed by atoms with Crippen LogP contribution in [0.1, 0.15) is 41.5 Å². The molecule has 0 bridgehead atoms. The molecule has 3 aliphatic rings. The fourth-order valence-electron chi connectivity index (χ4n) is 3.85. The third kappa shape index (κ3) is 4.80. The number of methoxy groups -OCH3 is 1. The molecule has 0 amide bonds. The van der Waals surface area contributed by atoms with Crippen molar-refractivity contribution >= 4 is 11.9 Å². The van der Waals surface area contributed by atoms with E-state index in [9.17, 15) is 9.59 Å². The van der Waals surface area contributed by atoms with Crippen LogP contribution >= 0.6 is 0 Å². The maximum Gasteiger partial charge on any atom is 0.347 e. The van der Waals surface area contributed by atoms with Gasteiger partial charge in [-0.1, -0.05) is 13.0 Å². The van der Waals surface area contributed by atoms with E-state index in [1.165, 1.54) is 14.0 Å².